The van der Waals surface area contributed by atoms with Crippen LogP contribution in [0, 0.1) is 0 Å². The van der Waals surface area contributed by atoms with Gasteiger partial charge in [0.15, 0.2) is 0 Å². The molecule has 3 heteroatoms. The van der Waals surface area contributed by atoms with Crippen LogP contribution in [0.3, 0.4) is 0 Å². The Labute approximate surface area is 122 Å². The molecule has 0 atom stereocenters. The van der Waals surface area contributed by atoms with Crippen molar-refractivity contribution >= 4 is 0 Å². The second-order valence-corrected chi connectivity index (χ2v) is 6.01. The van der Waals surface area contributed by atoms with Crippen LogP contribution in [0.4, 0.5) is 0 Å². The number of likely N-dealkylation sites (N-methyl/N-ethyl adjacent to an activating group) is 1. The van der Waals surface area contributed by atoms with E-state index in [-0.39, 0.29) is 0 Å². The highest BCUT2D eigenvalue weighted by Gasteiger charge is 2.27. The molecular formula is C17H26N2O. The Hall–Kier alpha value is -1.06. The Balaban J connectivity index is 1.42. The first-order chi connectivity index (χ1) is 9.85. The summed E-state index contributed by atoms with van der Waals surface area (Å²) in [5.41, 5.74) is 1.32. The van der Waals surface area contributed by atoms with Gasteiger partial charge in [-0.2, -0.15) is 0 Å². The van der Waals surface area contributed by atoms with E-state index in [0.29, 0.717) is 0 Å². The average molecular weight is 274 g/mol. The van der Waals surface area contributed by atoms with Crippen LogP contribution in [-0.2, 0) is 6.54 Å². The highest BCUT2D eigenvalue weighted by atomic mass is 16.5. The summed E-state index contributed by atoms with van der Waals surface area (Å²) in [6.07, 6.45) is 5.42. The van der Waals surface area contributed by atoms with Crippen LogP contribution < -0.4 is 10.1 Å². The van der Waals surface area contributed by atoms with Crippen LogP contribution in [0.1, 0.15) is 38.2 Å². The van der Waals surface area contributed by atoms with Gasteiger partial charge in [-0.1, -0.05) is 19.1 Å². The fourth-order valence-corrected chi connectivity index (χ4v) is 2.61. The number of rotatable bonds is 9. The molecule has 2 aliphatic rings. The Kier molecular flexibility index (Phi) is 4.58. The Morgan fingerprint density at radius 2 is 2.10 bits per heavy atom. The maximum atomic E-state index is 5.91. The van der Waals surface area contributed by atoms with Crippen molar-refractivity contribution in [3.63, 3.8) is 0 Å². The van der Waals surface area contributed by atoms with E-state index in [2.05, 4.69) is 41.4 Å². The van der Waals surface area contributed by atoms with Gasteiger partial charge in [0.25, 0.3) is 0 Å². The summed E-state index contributed by atoms with van der Waals surface area (Å²) in [6, 6.07) is 10.1. The Bertz CT molecular complexity index is 427. The quantitative estimate of drug-likeness (QED) is 0.749. The number of ether oxygens (including phenoxy) is 1. The highest BCUT2D eigenvalue weighted by Crippen LogP contribution is 2.26. The molecule has 0 aliphatic heterocycles. The molecule has 2 aliphatic carbocycles. The SMILES string of the molecule is CCN(CCOc1cccc(CNC2CC2)c1)C1CC1. The lowest BCUT2D eigenvalue weighted by Gasteiger charge is -2.19. The van der Waals surface area contributed by atoms with Gasteiger partial charge in [-0.15, -0.1) is 0 Å². The summed E-state index contributed by atoms with van der Waals surface area (Å²) in [4.78, 5) is 2.53. The van der Waals surface area contributed by atoms with Crippen molar-refractivity contribution < 1.29 is 4.74 Å². The molecule has 2 fully saturated rings. The van der Waals surface area contributed by atoms with E-state index in [4.69, 9.17) is 4.74 Å². The van der Waals surface area contributed by atoms with Crippen molar-refractivity contribution in [3.05, 3.63) is 29.8 Å². The molecule has 0 heterocycles. The van der Waals surface area contributed by atoms with Crippen molar-refractivity contribution in [2.45, 2.75) is 51.2 Å². The van der Waals surface area contributed by atoms with E-state index in [9.17, 15) is 0 Å². The van der Waals surface area contributed by atoms with Gasteiger partial charge < -0.3 is 10.1 Å². The number of hydrogen-bond acceptors (Lipinski definition) is 3. The third-order valence-electron chi connectivity index (χ3n) is 4.19. The van der Waals surface area contributed by atoms with Crippen molar-refractivity contribution in [1.82, 2.24) is 10.2 Å². The van der Waals surface area contributed by atoms with Crippen molar-refractivity contribution in [3.8, 4) is 5.75 Å². The molecule has 0 aromatic heterocycles. The Morgan fingerprint density at radius 3 is 2.80 bits per heavy atom. The molecule has 0 saturated heterocycles. The monoisotopic (exact) mass is 274 g/mol. The molecule has 20 heavy (non-hydrogen) atoms. The van der Waals surface area contributed by atoms with Crippen LogP contribution in [0.15, 0.2) is 24.3 Å². The fraction of sp³-hybridized carbons (Fsp3) is 0.647. The molecule has 1 aromatic carbocycles. The largest absolute Gasteiger partial charge is 0.492 e. The maximum absolute atomic E-state index is 5.91. The topological polar surface area (TPSA) is 24.5 Å². The summed E-state index contributed by atoms with van der Waals surface area (Å²) in [6.45, 7) is 6.18. The van der Waals surface area contributed by atoms with Crippen LogP contribution in [0.5, 0.6) is 5.75 Å². The van der Waals surface area contributed by atoms with Gasteiger partial charge in [0.1, 0.15) is 12.4 Å². The lowest BCUT2D eigenvalue weighted by molar-refractivity contribution is 0.209. The van der Waals surface area contributed by atoms with E-state index in [1.54, 1.807) is 0 Å². The second-order valence-electron chi connectivity index (χ2n) is 6.01. The molecule has 0 bridgehead atoms. The first-order valence-electron chi connectivity index (χ1n) is 8.04. The van der Waals surface area contributed by atoms with E-state index < -0.39 is 0 Å². The minimum Gasteiger partial charge on any atom is -0.492 e. The summed E-state index contributed by atoms with van der Waals surface area (Å²) >= 11 is 0. The molecule has 3 nitrogen and oxygen atoms in total. The molecule has 0 spiro atoms. The predicted molar refractivity (Wildman–Crippen MR) is 82.1 cm³/mol. The molecule has 0 radical (unpaired) electrons. The summed E-state index contributed by atoms with van der Waals surface area (Å²) < 4.78 is 5.91. The van der Waals surface area contributed by atoms with Gasteiger partial charge in [-0.3, -0.25) is 4.90 Å². The molecule has 110 valence electrons. The van der Waals surface area contributed by atoms with Crippen LogP contribution in [0.2, 0.25) is 0 Å². The lowest BCUT2D eigenvalue weighted by atomic mass is 10.2. The summed E-state index contributed by atoms with van der Waals surface area (Å²) in [5, 5.41) is 3.54. The van der Waals surface area contributed by atoms with Crippen molar-refractivity contribution in [2.24, 2.45) is 0 Å². The Morgan fingerprint density at radius 1 is 1.25 bits per heavy atom. The minimum absolute atomic E-state index is 0.760. The molecule has 0 unspecified atom stereocenters. The smallest absolute Gasteiger partial charge is 0.119 e. The molecular weight excluding hydrogens is 248 g/mol. The molecule has 1 N–H and O–H groups in total. The zero-order chi connectivity index (χ0) is 13.8. The van der Waals surface area contributed by atoms with Gasteiger partial charge in [0.2, 0.25) is 0 Å². The second kappa shape index (κ2) is 6.59. The van der Waals surface area contributed by atoms with E-state index >= 15 is 0 Å². The third kappa shape index (κ3) is 4.22. The standard InChI is InChI=1S/C17H26N2O/c1-2-19(16-8-9-16)10-11-20-17-5-3-4-14(12-17)13-18-15-6-7-15/h3-5,12,15-16,18H,2,6-11,13H2,1H3. The lowest BCUT2D eigenvalue weighted by Crippen LogP contribution is -2.30. The predicted octanol–water partition coefficient (Wildman–Crippen LogP) is 2.80. The van der Waals surface area contributed by atoms with E-state index in [1.165, 1.54) is 31.2 Å². The summed E-state index contributed by atoms with van der Waals surface area (Å²) in [7, 11) is 0. The molecule has 0 amide bonds. The average Bonchev–Trinajstić information content (AvgIpc) is 3.36. The van der Waals surface area contributed by atoms with Crippen LogP contribution >= 0.6 is 0 Å². The van der Waals surface area contributed by atoms with E-state index in [0.717, 1.165) is 44.1 Å². The third-order valence-corrected chi connectivity index (χ3v) is 4.19. The molecule has 2 saturated carbocycles. The van der Waals surface area contributed by atoms with Gasteiger partial charge in [-0.25, -0.2) is 0 Å². The normalized spacial score (nSPS) is 18.5. The number of hydrogen-bond donors (Lipinski definition) is 1. The fourth-order valence-electron chi connectivity index (χ4n) is 2.61. The minimum atomic E-state index is 0.760. The zero-order valence-electron chi connectivity index (χ0n) is 12.5. The van der Waals surface area contributed by atoms with Crippen molar-refractivity contribution in [1.29, 1.82) is 0 Å². The summed E-state index contributed by atoms with van der Waals surface area (Å²) in [5.74, 6) is 1.01. The van der Waals surface area contributed by atoms with Gasteiger partial charge in [-0.05, 0) is 49.9 Å². The van der Waals surface area contributed by atoms with Crippen LogP contribution in [-0.4, -0.2) is 36.7 Å². The molecule has 1 aromatic rings. The van der Waals surface area contributed by atoms with Gasteiger partial charge in [0, 0.05) is 25.2 Å². The first kappa shape index (κ1) is 13.9. The zero-order valence-corrected chi connectivity index (χ0v) is 12.5. The molecule has 3 rings (SSSR count). The highest BCUT2D eigenvalue weighted by molar-refractivity contribution is 5.28. The number of nitrogens with zero attached hydrogens (tertiary/aromatic N) is 1. The number of benzene rings is 1. The maximum Gasteiger partial charge on any atom is 0.119 e. The van der Waals surface area contributed by atoms with E-state index in [1.807, 2.05) is 0 Å². The van der Waals surface area contributed by atoms with Crippen LogP contribution in [0.25, 0.3) is 0 Å². The van der Waals surface area contributed by atoms with Gasteiger partial charge >= 0.3 is 0 Å². The number of nitrogens with one attached hydrogen (secondary N) is 1. The first-order valence-corrected chi connectivity index (χ1v) is 8.04. The van der Waals surface area contributed by atoms with Crippen molar-refractivity contribution in [2.75, 3.05) is 19.7 Å². The van der Waals surface area contributed by atoms with Gasteiger partial charge in [0.05, 0.1) is 0 Å².